The fourth-order valence-corrected chi connectivity index (χ4v) is 2.82. The van der Waals surface area contributed by atoms with Gasteiger partial charge in [-0.1, -0.05) is 48.5 Å². The first kappa shape index (κ1) is 18.1. The Morgan fingerprint density at radius 3 is 2.14 bits per heavy atom. The maximum Gasteiger partial charge on any atom is 0.310 e. The summed E-state index contributed by atoms with van der Waals surface area (Å²) in [6.07, 6.45) is 1.68. The number of hydrogen-bond acceptors (Lipinski definition) is 5. The van der Waals surface area contributed by atoms with Gasteiger partial charge in [0.2, 0.25) is 0 Å². The van der Waals surface area contributed by atoms with Crippen LogP contribution in [0.25, 0.3) is 6.08 Å². The minimum atomic E-state index is -0.489. The first-order valence-corrected chi connectivity index (χ1v) is 8.79. The lowest BCUT2D eigenvalue weighted by atomic mass is 10.2. The predicted molar refractivity (Wildman–Crippen MR) is 110 cm³/mol. The van der Waals surface area contributed by atoms with Gasteiger partial charge in [0, 0.05) is 12.1 Å². The molecule has 0 fully saturated rings. The van der Waals surface area contributed by atoms with Crippen LogP contribution in [0.5, 0.6) is 5.75 Å². The molecule has 0 saturated carbocycles. The highest BCUT2D eigenvalue weighted by Crippen LogP contribution is 2.27. The van der Waals surface area contributed by atoms with Gasteiger partial charge >= 0.3 is 6.02 Å². The van der Waals surface area contributed by atoms with Crippen LogP contribution in [0.4, 0.5) is 11.4 Å². The zero-order valence-corrected chi connectivity index (χ0v) is 15.1. The molecule has 29 heavy (non-hydrogen) atoms. The molecular weight excluding hydrogens is 370 g/mol. The lowest BCUT2D eigenvalue weighted by Crippen LogP contribution is -2.35. The molecular formula is C22H15N3O4. The minimum absolute atomic E-state index is 0.0497. The summed E-state index contributed by atoms with van der Waals surface area (Å²) in [5.41, 5.74) is 1.63. The highest BCUT2D eigenvalue weighted by Gasteiger charge is 2.33. The van der Waals surface area contributed by atoms with E-state index in [0.29, 0.717) is 11.4 Å². The topological polar surface area (TPSA) is 85.0 Å². The second-order valence-electron chi connectivity index (χ2n) is 6.16. The fourth-order valence-electron chi connectivity index (χ4n) is 2.82. The van der Waals surface area contributed by atoms with Gasteiger partial charge in [-0.05, 0) is 35.9 Å². The number of rotatable bonds is 4. The van der Waals surface area contributed by atoms with Crippen molar-refractivity contribution < 1.29 is 14.5 Å². The first-order chi connectivity index (χ1) is 14.1. The molecule has 1 heterocycles. The third-order valence-corrected chi connectivity index (χ3v) is 4.20. The van der Waals surface area contributed by atoms with Crippen molar-refractivity contribution in [2.45, 2.75) is 0 Å². The van der Waals surface area contributed by atoms with Gasteiger partial charge < -0.3 is 4.74 Å². The van der Waals surface area contributed by atoms with Crippen LogP contribution in [0, 0.1) is 10.1 Å². The van der Waals surface area contributed by atoms with Gasteiger partial charge in [-0.2, -0.15) is 4.99 Å². The number of nitrogens with zero attached hydrogens (tertiary/aromatic N) is 3. The maximum absolute atomic E-state index is 13.0. The summed E-state index contributed by atoms with van der Waals surface area (Å²) < 4.78 is 5.81. The van der Waals surface area contributed by atoms with Gasteiger partial charge in [-0.3, -0.25) is 14.9 Å². The fraction of sp³-hybridized carbons (Fsp3) is 0. The van der Waals surface area contributed by atoms with E-state index in [4.69, 9.17) is 4.74 Å². The number of nitro benzene ring substituents is 1. The molecule has 0 saturated heterocycles. The van der Waals surface area contributed by atoms with E-state index in [1.807, 2.05) is 48.5 Å². The molecule has 0 spiro atoms. The molecule has 3 aromatic rings. The Morgan fingerprint density at radius 1 is 0.897 bits per heavy atom. The minimum Gasteiger partial charge on any atom is -0.425 e. The van der Waals surface area contributed by atoms with Crippen LogP contribution < -0.4 is 9.64 Å². The highest BCUT2D eigenvalue weighted by atomic mass is 16.6. The third-order valence-electron chi connectivity index (χ3n) is 4.20. The molecule has 0 unspecified atom stereocenters. The molecule has 142 valence electrons. The second-order valence-corrected chi connectivity index (χ2v) is 6.16. The van der Waals surface area contributed by atoms with Crippen LogP contribution in [-0.2, 0) is 4.79 Å². The molecule has 0 radical (unpaired) electrons. The van der Waals surface area contributed by atoms with E-state index in [9.17, 15) is 14.9 Å². The van der Waals surface area contributed by atoms with Crippen LogP contribution in [0.2, 0.25) is 0 Å². The van der Waals surface area contributed by atoms with Crippen molar-refractivity contribution in [2.75, 3.05) is 4.90 Å². The number of amidine groups is 1. The standard InChI is InChI=1S/C22H15N3O4/c26-21-20(15-16-7-3-1-4-8-16)23-22(24(21)17-9-5-2-6-10-17)29-19-13-11-18(12-14-19)25(27)28/h1-15H/b20-15-. The number of aliphatic imine (C=N–C) groups is 1. The van der Waals surface area contributed by atoms with E-state index >= 15 is 0 Å². The number of benzene rings is 3. The summed E-state index contributed by atoms with van der Waals surface area (Å²) in [7, 11) is 0. The third kappa shape index (κ3) is 3.89. The molecule has 7 nitrogen and oxygen atoms in total. The lowest BCUT2D eigenvalue weighted by molar-refractivity contribution is -0.384. The first-order valence-electron chi connectivity index (χ1n) is 8.79. The number of hydrogen-bond donors (Lipinski definition) is 0. The second kappa shape index (κ2) is 7.77. The summed E-state index contributed by atoms with van der Waals surface area (Å²) in [5, 5.41) is 10.8. The number of para-hydroxylation sites is 1. The molecule has 7 heteroatoms. The van der Waals surface area contributed by atoms with E-state index in [2.05, 4.69) is 4.99 Å². The smallest absolute Gasteiger partial charge is 0.310 e. The zero-order valence-electron chi connectivity index (χ0n) is 15.1. The predicted octanol–water partition coefficient (Wildman–Crippen LogP) is 4.42. The number of ether oxygens (including phenoxy) is 1. The SMILES string of the molecule is O=C1/C(=C/c2ccccc2)N=C(Oc2ccc([N+](=O)[O-])cc2)N1c1ccccc1. The number of amides is 1. The maximum atomic E-state index is 13.0. The molecule has 0 bridgehead atoms. The van der Waals surface area contributed by atoms with E-state index < -0.39 is 4.92 Å². The van der Waals surface area contributed by atoms with Crippen molar-refractivity contribution in [2.24, 2.45) is 4.99 Å². The van der Waals surface area contributed by atoms with E-state index in [0.717, 1.165) is 5.56 Å². The van der Waals surface area contributed by atoms with Crippen LogP contribution in [0.15, 0.2) is 95.6 Å². The average molecular weight is 385 g/mol. The summed E-state index contributed by atoms with van der Waals surface area (Å²) in [6, 6.07) is 24.1. The number of non-ortho nitro benzene ring substituents is 1. The van der Waals surface area contributed by atoms with Gasteiger partial charge in [0.25, 0.3) is 11.6 Å². The quantitative estimate of drug-likeness (QED) is 0.378. The lowest BCUT2D eigenvalue weighted by Gasteiger charge is -2.17. The summed E-state index contributed by atoms with van der Waals surface area (Å²) in [5.74, 6) is 0.0148. The molecule has 0 atom stereocenters. The van der Waals surface area contributed by atoms with E-state index in [1.165, 1.54) is 29.2 Å². The van der Waals surface area contributed by atoms with Gasteiger partial charge in [0.15, 0.2) is 0 Å². The monoisotopic (exact) mass is 385 g/mol. The van der Waals surface area contributed by atoms with Gasteiger partial charge in [0.1, 0.15) is 11.4 Å². The number of carbonyl (C=O) groups is 1. The number of anilines is 1. The Kier molecular flexibility index (Phi) is 4.86. The Bertz CT molecular complexity index is 1110. The number of nitro groups is 1. The van der Waals surface area contributed by atoms with Crippen molar-refractivity contribution in [3.05, 3.63) is 106 Å². The molecule has 4 rings (SSSR count). The molecule has 0 aliphatic carbocycles. The van der Waals surface area contributed by atoms with Gasteiger partial charge in [-0.25, -0.2) is 4.90 Å². The number of carbonyl (C=O) groups excluding carboxylic acids is 1. The molecule has 1 amide bonds. The summed E-state index contributed by atoms with van der Waals surface area (Å²) in [6.45, 7) is 0. The molecule has 3 aromatic carbocycles. The molecule has 0 N–H and O–H groups in total. The Balaban J connectivity index is 1.70. The largest absolute Gasteiger partial charge is 0.425 e. The Morgan fingerprint density at radius 2 is 1.52 bits per heavy atom. The van der Waals surface area contributed by atoms with Crippen molar-refractivity contribution in [3.8, 4) is 5.75 Å². The summed E-state index contributed by atoms with van der Waals surface area (Å²) in [4.78, 5) is 29.1. The van der Waals surface area contributed by atoms with Crippen LogP contribution in [0.3, 0.4) is 0 Å². The highest BCUT2D eigenvalue weighted by molar-refractivity contribution is 6.27. The summed E-state index contributed by atoms with van der Waals surface area (Å²) >= 11 is 0. The van der Waals surface area contributed by atoms with E-state index in [1.54, 1.807) is 18.2 Å². The van der Waals surface area contributed by atoms with Crippen molar-refractivity contribution in [1.29, 1.82) is 0 Å². The van der Waals surface area contributed by atoms with Crippen molar-refractivity contribution in [3.63, 3.8) is 0 Å². The average Bonchev–Trinajstić information content (AvgIpc) is 3.04. The zero-order chi connectivity index (χ0) is 20.2. The normalized spacial score (nSPS) is 14.8. The van der Waals surface area contributed by atoms with Crippen LogP contribution >= 0.6 is 0 Å². The molecule has 1 aliphatic rings. The van der Waals surface area contributed by atoms with Gasteiger partial charge in [0.05, 0.1) is 10.6 Å². The van der Waals surface area contributed by atoms with Crippen LogP contribution in [0.1, 0.15) is 5.56 Å². The molecule has 0 aromatic heterocycles. The van der Waals surface area contributed by atoms with Gasteiger partial charge in [-0.15, -0.1) is 0 Å². The Labute approximate surface area is 166 Å². The van der Waals surface area contributed by atoms with Crippen LogP contribution in [-0.4, -0.2) is 16.9 Å². The Hall–Kier alpha value is -4.26. The van der Waals surface area contributed by atoms with E-state index in [-0.39, 0.29) is 23.3 Å². The molecule has 1 aliphatic heterocycles. The van der Waals surface area contributed by atoms with Crippen molar-refractivity contribution in [1.82, 2.24) is 0 Å². The van der Waals surface area contributed by atoms with Crippen molar-refractivity contribution >= 4 is 29.4 Å².